The molecule has 4 rings (SSSR count). The molecule has 0 fully saturated rings. The maximum atomic E-state index is 11.1. The fourth-order valence-electron chi connectivity index (χ4n) is 3.81. The number of rotatable bonds is 11. The second kappa shape index (κ2) is 16.0. The number of phosphoric acid groups is 1. The van der Waals surface area contributed by atoms with E-state index in [9.17, 15) is 4.57 Å². The van der Waals surface area contributed by atoms with Crippen LogP contribution in [0.3, 0.4) is 0 Å². The van der Waals surface area contributed by atoms with Crippen LogP contribution >= 0.6 is 7.82 Å². The third-order valence-electron chi connectivity index (χ3n) is 5.62. The molecule has 0 aliphatic heterocycles. The predicted molar refractivity (Wildman–Crippen MR) is 163 cm³/mol. The van der Waals surface area contributed by atoms with Crippen LogP contribution in [-0.2, 0) is 9.09 Å². The summed E-state index contributed by atoms with van der Waals surface area (Å²) in [7, 11) is -4.57. The fourth-order valence-corrected chi connectivity index (χ4v) is 4.12. The average Bonchev–Trinajstić information content (AvgIpc) is 2.93. The van der Waals surface area contributed by atoms with Crippen molar-refractivity contribution >= 4 is 95.7 Å². The molecule has 4 aromatic carbocycles. The summed E-state index contributed by atoms with van der Waals surface area (Å²) >= 11 is 0. The summed E-state index contributed by atoms with van der Waals surface area (Å²) in [4.78, 5) is 18.0. The molecule has 5 nitrogen and oxygen atoms in total. The minimum atomic E-state index is -4.57. The van der Waals surface area contributed by atoms with Crippen molar-refractivity contribution in [2.75, 3.05) is 13.2 Å². The maximum absolute atomic E-state index is 11.1. The quantitative estimate of drug-likeness (QED) is 0.0885. The van der Waals surface area contributed by atoms with E-state index in [1.165, 1.54) is 0 Å². The van der Waals surface area contributed by atoms with Crippen LogP contribution in [0.25, 0.3) is 36.5 Å². The SMILES string of the molecule is O=P(O)(O)OCCOc1ccc(C=Cc2ccccc2)c(C=Cc2ccccc2)c1C=Cc1ccccc1.[KH]. The van der Waals surface area contributed by atoms with Gasteiger partial charge in [0.25, 0.3) is 0 Å². The van der Waals surface area contributed by atoms with Gasteiger partial charge < -0.3 is 14.5 Å². The van der Waals surface area contributed by atoms with Crippen LogP contribution in [0.1, 0.15) is 33.4 Å². The summed E-state index contributed by atoms with van der Waals surface area (Å²) in [6, 6.07) is 33.9. The molecule has 0 aliphatic rings. The first-order valence-corrected chi connectivity index (χ1v) is 13.7. The Morgan fingerprint density at radius 2 is 1.03 bits per heavy atom. The number of phosphoric ester groups is 1. The number of hydrogen-bond acceptors (Lipinski definition) is 3. The van der Waals surface area contributed by atoms with Crippen molar-refractivity contribution in [3.8, 4) is 5.75 Å². The molecule has 0 amide bonds. The molecule has 0 saturated carbocycles. The molecular weight excluding hydrogens is 534 g/mol. The van der Waals surface area contributed by atoms with Gasteiger partial charge in [-0.1, -0.05) is 134 Å². The molecule has 0 radical (unpaired) electrons. The van der Waals surface area contributed by atoms with Crippen LogP contribution in [0.4, 0.5) is 0 Å². The van der Waals surface area contributed by atoms with Gasteiger partial charge in [-0.3, -0.25) is 4.52 Å². The van der Waals surface area contributed by atoms with Crippen molar-refractivity contribution in [1.82, 2.24) is 0 Å². The first kappa shape index (κ1) is 31.2. The van der Waals surface area contributed by atoms with Crippen molar-refractivity contribution < 1.29 is 23.6 Å². The predicted octanol–water partition coefficient (Wildman–Crippen LogP) is 7.04. The molecule has 2 N–H and O–H groups in total. The molecule has 0 heterocycles. The van der Waals surface area contributed by atoms with Crippen LogP contribution in [0.15, 0.2) is 103 Å². The Kier molecular flexibility index (Phi) is 12.8. The van der Waals surface area contributed by atoms with Gasteiger partial charge in [-0.15, -0.1) is 0 Å². The van der Waals surface area contributed by atoms with E-state index in [0.29, 0.717) is 5.75 Å². The van der Waals surface area contributed by atoms with Gasteiger partial charge in [-0.2, -0.15) is 0 Å². The van der Waals surface area contributed by atoms with Gasteiger partial charge in [0.2, 0.25) is 0 Å². The second-order valence-corrected chi connectivity index (χ2v) is 9.62. The van der Waals surface area contributed by atoms with E-state index in [0.717, 1.165) is 33.4 Å². The van der Waals surface area contributed by atoms with Crippen molar-refractivity contribution in [3.05, 3.63) is 137 Å². The van der Waals surface area contributed by atoms with Crippen LogP contribution in [-0.4, -0.2) is 74.4 Å². The molecule has 7 heteroatoms. The van der Waals surface area contributed by atoms with Crippen molar-refractivity contribution in [2.45, 2.75) is 0 Å². The Morgan fingerprint density at radius 1 is 0.564 bits per heavy atom. The molecule has 0 bridgehead atoms. The topological polar surface area (TPSA) is 76.0 Å². The summed E-state index contributed by atoms with van der Waals surface area (Å²) in [6.07, 6.45) is 12.3. The van der Waals surface area contributed by atoms with Crippen LogP contribution < -0.4 is 4.74 Å². The van der Waals surface area contributed by atoms with Crippen LogP contribution in [0.2, 0.25) is 0 Å². The molecule has 0 aromatic heterocycles. The first-order valence-electron chi connectivity index (χ1n) is 12.2. The number of benzene rings is 4. The zero-order valence-corrected chi connectivity index (χ0v) is 21.7. The molecule has 0 atom stereocenters. The molecule has 4 aromatic rings. The molecular formula is C32H30KO5P. The molecule has 39 heavy (non-hydrogen) atoms. The van der Waals surface area contributed by atoms with Crippen molar-refractivity contribution in [1.29, 1.82) is 0 Å². The zero-order valence-electron chi connectivity index (χ0n) is 20.8. The Hall–Kier alpha value is -2.35. The Morgan fingerprint density at radius 3 is 1.51 bits per heavy atom. The molecule has 0 unspecified atom stereocenters. The van der Waals surface area contributed by atoms with Crippen molar-refractivity contribution in [2.24, 2.45) is 0 Å². The van der Waals surface area contributed by atoms with Gasteiger partial charge in [-0.05, 0) is 33.9 Å². The van der Waals surface area contributed by atoms with Gasteiger partial charge in [-0.25, -0.2) is 4.57 Å². The van der Waals surface area contributed by atoms with Gasteiger partial charge in [0.05, 0.1) is 6.61 Å². The fraction of sp³-hybridized carbons (Fsp3) is 0.0625. The van der Waals surface area contributed by atoms with E-state index < -0.39 is 7.82 Å². The zero-order chi connectivity index (χ0) is 26.6. The van der Waals surface area contributed by atoms with Crippen LogP contribution in [0.5, 0.6) is 5.75 Å². The van der Waals surface area contributed by atoms with Gasteiger partial charge in [0.1, 0.15) is 12.4 Å². The Labute approximate surface area is 272 Å². The number of ether oxygens (including phenoxy) is 1. The van der Waals surface area contributed by atoms with Crippen molar-refractivity contribution in [3.63, 3.8) is 0 Å². The molecule has 0 spiro atoms. The van der Waals surface area contributed by atoms with E-state index in [1.54, 1.807) is 0 Å². The average molecular weight is 565 g/mol. The minimum absolute atomic E-state index is 0. The van der Waals surface area contributed by atoms with Crippen LogP contribution in [0, 0.1) is 0 Å². The summed E-state index contributed by atoms with van der Waals surface area (Å²) in [6.45, 7) is -0.255. The summed E-state index contributed by atoms with van der Waals surface area (Å²) < 4.78 is 21.6. The van der Waals surface area contributed by atoms with E-state index in [-0.39, 0.29) is 64.6 Å². The molecule has 194 valence electrons. The monoisotopic (exact) mass is 564 g/mol. The summed E-state index contributed by atoms with van der Waals surface area (Å²) in [5.74, 6) is 0.580. The van der Waals surface area contributed by atoms with E-state index in [4.69, 9.17) is 14.5 Å². The summed E-state index contributed by atoms with van der Waals surface area (Å²) in [5, 5.41) is 0. The van der Waals surface area contributed by atoms with Gasteiger partial charge >= 0.3 is 59.2 Å². The Balaban J connectivity index is 0.00000420. The Bertz CT molecular complexity index is 1450. The standard InChI is InChI=1S/C32H29O5P.K.H/c33-38(34,35)37-25-24-36-32-23-20-29(19-16-26-10-4-1-5-11-26)30(21-17-27-12-6-2-7-13-27)31(32)22-18-28-14-8-3-9-15-28;;/h1-23H,24-25H2,(H2,33,34,35);;. The molecule has 0 aliphatic carbocycles. The second-order valence-electron chi connectivity index (χ2n) is 8.38. The van der Waals surface area contributed by atoms with E-state index in [2.05, 4.69) is 28.8 Å². The first-order chi connectivity index (χ1) is 18.5. The third kappa shape index (κ3) is 10.6. The summed E-state index contributed by atoms with van der Waals surface area (Å²) in [5.41, 5.74) is 5.96. The number of hydrogen-bond donors (Lipinski definition) is 2. The van der Waals surface area contributed by atoms with Gasteiger partial charge in [0, 0.05) is 5.56 Å². The normalized spacial score (nSPS) is 11.7. The van der Waals surface area contributed by atoms with E-state index >= 15 is 0 Å². The van der Waals surface area contributed by atoms with Gasteiger partial charge in [0.15, 0.2) is 0 Å². The third-order valence-corrected chi connectivity index (χ3v) is 6.14. The molecule has 0 saturated heterocycles. The van der Waals surface area contributed by atoms with E-state index in [1.807, 2.05) is 115 Å².